The second-order valence-corrected chi connectivity index (χ2v) is 3.90. The summed E-state index contributed by atoms with van der Waals surface area (Å²) >= 11 is 0. The third kappa shape index (κ3) is 3.65. The number of nitrogens with zero attached hydrogens (tertiary/aromatic N) is 1. The van der Waals surface area contributed by atoms with Crippen molar-refractivity contribution in [2.24, 2.45) is 10.9 Å². The third-order valence-electron chi connectivity index (χ3n) is 2.57. The van der Waals surface area contributed by atoms with Crippen LogP contribution in [-0.2, 0) is 0 Å². The molecule has 0 saturated heterocycles. The Bertz CT molecular complexity index is 458. The van der Waals surface area contributed by atoms with E-state index in [0.717, 1.165) is 0 Å². The summed E-state index contributed by atoms with van der Waals surface area (Å²) in [7, 11) is 0. The number of carbonyl (C=O) groups is 1. The van der Waals surface area contributed by atoms with Gasteiger partial charge in [-0.15, -0.1) is 0 Å². The molecule has 0 atom stereocenters. The molecule has 0 aromatic heterocycles. The van der Waals surface area contributed by atoms with E-state index in [1.54, 1.807) is 19.1 Å². The van der Waals surface area contributed by atoms with E-state index >= 15 is 0 Å². The zero-order valence-corrected chi connectivity index (χ0v) is 10.2. The molecule has 0 spiro atoms. The van der Waals surface area contributed by atoms with Crippen molar-refractivity contribution in [3.63, 3.8) is 0 Å². The number of oxime groups is 1. The van der Waals surface area contributed by atoms with Crippen LogP contribution < -0.4 is 11.1 Å². The lowest BCUT2D eigenvalue weighted by molar-refractivity contribution is 0.0952. The average Bonchev–Trinajstić information content (AvgIpc) is 2.37. The molecule has 1 rings (SSSR count). The van der Waals surface area contributed by atoms with E-state index in [1.807, 2.05) is 0 Å². The Morgan fingerprint density at radius 2 is 2.22 bits per heavy atom. The van der Waals surface area contributed by atoms with Crippen LogP contribution in [-0.4, -0.2) is 28.6 Å². The predicted octanol–water partition coefficient (Wildman–Crippen LogP) is 0.957. The van der Waals surface area contributed by atoms with E-state index in [0.29, 0.717) is 30.5 Å². The smallest absolute Gasteiger partial charge is 0.251 e. The van der Waals surface area contributed by atoms with Crippen LogP contribution in [0.5, 0.6) is 5.75 Å². The van der Waals surface area contributed by atoms with Crippen LogP contribution in [0.3, 0.4) is 0 Å². The summed E-state index contributed by atoms with van der Waals surface area (Å²) < 4.78 is 0. The number of amides is 1. The SMILES string of the molecule is Cc1c(O)cccc1C(=O)NCCC/C(N)=N/O. The van der Waals surface area contributed by atoms with Gasteiger partial charge in [0.25, 0.3) is 5.91 Å². The molecular weight excluding hydrogens is 234 g/mol. The number of benzene rings is 1. The zero-order chi connectivity index (χ0) is 13.5. The Morgan fingerprint density at radius 3 is 2.89 bits per heavy atom. The molecule has 5 N–H and O–H groups in total. The number of nitrogens with two attached hydrogens (primary N) is 1. The Labute approximate surface area is 105 Å². The lowest BCUT2D eigenvalue weighted by atomic mass is 10.1. The highest BCUT2D eigenvalue weighted by atomic mass is 16.4. The van der Waals surface area contributed by atoms with Gasteiger partial charge in [0.2, 0.25) is 0 Å². The first-order valence-electron chi connectivity index (χ1n) is 5.59. The molecule has 0 bridgehead atoms. The minimum absolute atomic E-state index is 0.0966. The number of phenols is 1. The Morgan fingerprint density at radius 1 is 1.50 bits per heavy atom. The topological polar surface area (TPSA) is 108 Å². The molecule has 1 amide bonds. The number of rotatable bonds is 5. The third-order valence-corrected chi connectivity index (χ3v) is 2.57. The number of carbonyl (C=O) groups excluding carboxylic acids is 1. The summed E-state index contributed by atoms with van der Waals surface area (Å²) in [5, 5.41) is 23.4. The highest BCUT2D eigenvalue weighted by molar-refractivity contribution is 5.96. The minimum Gasteiger partial charge on any atom is -0.508 e. The van der Waals surface area contributed by atoms with Gasteiger partial charge in [0.05, 0.1) is 0 Å². The number of phenolic OH excluding ortho intramolecular Hbond substituents is 1. The molecule has 0 unspecified atom stereocenters. The molecule has 1 aromatic rings. The molecule has 0 fully saturated rings. The van der Waals surface area contributed by atoms with E-state index in [-0.39, 0.29) is 17.5 Å². The maximum atomic E-state index is 11.8. The Hall–Kier alpha value is -2.24. The summed E-state index contributed by atoms with van der Waals surface area (Å²) in [6.45, 7) is 2.10. The van der Waals surface area contributed by atoms with Crippen molar-refractivity contribution >= 4 is 11.7 Å². The fourth-order valence-corrected chi connectivity index (χ4v) is 1.49. The summed E-state index contributed by atoms with van der Waals surface area (Å²) in [4.78, 5) is 11.8. The molecule has 0 radical (unpaired) electrons. The van der Waals surface area contributed by atoms with E-state index in [2.05, 4.69) is 10.5 Å². The van der Waals surface area contributed by atoms with Crippen molar-refractivity contribution in [3.8, 4) is 5.75 Å². The lowest BCUT2D eigenvalue weighted by Gasteiger charge is -2.08. The number of amidine groups is 1. The molecule has 1 aromatic carbocycles. The van der Waals surface area contributed by atoms with E-state index in [4.69, 9.17) is 10.9 Å². The van der Waals surface area contributed by atoms with Gasteiger partial charge in [-0.25, -0.2) is 0 Å². The van der Waals surface area contributed by atoms with Gasteiger partial charge >= 0.3 is 0 Å². The second-order valence-electron chi connectivity index (χ2n) is 3.90. The van der Waals surface area contributed by atoms with Crippen LogP contribution in [0.4, 0.5) is 0 Å². The summed E-state index contributed by atoms with van der Waals surface area (Å²) in [6.07, 6.45) is 0.995. The first kappa shape index (κ1) is 13.8. The Kier molecular flexibility index (Phi) is 4.98. The second kappa shape index (κ2) is 6.48. The molecule has 0 aliphatic rings. The molecule has 6 nitrogen and oxygen atoms in total. The van der Waals surface area contributed by atoms with Crippen molar-refractivity contribution in [3.05, 3.63) is 29.3 Å². The van der Waals surface area contributed by atoms with Gasteiger partial charge in [0.1, 0.15) is 11.6 Å². The molecule has 0 saturated carbocycles. The van der Waals surface area contributed by atoms with Crippen molar-refractivity contribution < 1.29 is 15.1 Å². The molecule has 0 aliphatic heterocycles. The lowest BCUT2D eigenvalue weighted by Crippen LogP contribution is -2.26. The minimum atomic E-state index is -0.247. The summed E-state index contributed by atoms with van der Waals surface area (Å²) in [6, 6.07) is 4.80. The number of hydrogen-bond acceptors (Lipinski definition) is 4. The molecule has 0 aliphatic carbocycles. The van der Waals surface area contributed by atoms with E-state index in [1.165, 1.54) is 6.07 Å². The van der Waals surface area contributed by atoms with Gasteiger partial charge < -0.3 is 21.4 Å². The zero-order valence-electron chi connectivity index (χ0n) is 10.2. The molecule has 6 heteroatoms. The standard InChI is InChI=1S/C12H17N3O3/c1-8-9(4-2-5-10(8)16)12(17)14-7-3-6-11(13)15-18/h2,4-5,16,18H,3,6-7H2,1H3,(H2,13,15)(H,14,17). The summed E-state index contributed by atoms with van der Waals surface area (Å²) in [5.74, 6) is -0.0139. The van der Waals surface area contributed by atoms with Crippen molar-refractivity contribution in [2.45, 2.75) is 19.8 Å². The van der Waals surface area contributed by atoms with Crippen molar-refractivity contribution in [1.82, 2.24) is 5.32 Å². The van der Waals surface area contributed by atoms with E-state index in [9.17, 15) is 9.90 Å². The quantitative estimate of drug-likeness (QED) is 0.205. The van der Waals surface area contributed by atoms with Gasteiger partial charge in [0.15, 0.2) is 0 Å². The van der Waals surface area contributed by atoms with Crippen LogP contribution in [0.2, 0.25) is 0 Å². The van der Waals surface area contributed by atoms with Crippen LogP contribution in [0.25, 0.3) is 0 Å². The molecule has 98 valence electrons. The van der Waals surface area contributed by atoms with Gasteiger partial charge in [0, 0.05) is 24.1 Å². The number of hydrogen-bond donors (Lipinski definition) is 4. The largest absolute Gasteiger partial charge is 0.508 e. The normalized spacial score (nSPS) is 11.3. The van der Waals surface area contributed by atoms with Gasteiger partial charge in [-0.1, -0.05) is 11.2 Å². The van der Waals surface area contributed by atoms with Crippen LogP contribution >= 0.6 is 0 Å². The first-order valence-corrected chi connectivity index (χ1v) is 5.59. The highest BCUT2D eigenvalue weighted by Gasteiger charge is 2.10. The molecule has 18 heavy (non-hydrogen) atoms. The monoisotopic (exact) mass is 251 g/mol. The van der Waals surface area contributed by atoms with Gasteiger partial charge in [-0.3, -0.25) is 4.79 Å². The van der Waals surface area contributed by atoms with Crippen LogP contribution in [0.1, 0.15) is 28.8 Å². The van der Waals surface area contributed by atoms with Crippen LogP contribution in [0, 0.1) is 6.92 Å². The number of nitrogens with one attached hydrogen (secondary N) is 1. The fraction of sp³-hybridized carbons (Fsp3) is 0.333. The maximum Gasteiger partial charge on any atom is 0.251 e. The molecule has 0 heterocycles. The van der Waals surface area contributed by atoms with Gasteiger partial charge in [-0.05, 0) is 25.5 Å². The average molecular weight is 251 g/mol. The Balaban J connectivity index is 2.49. The van der Waals surface area contributed by atoms with E-state index < -0.39 is 0 Å². The van der Waals surface area contributed by atoms with Crippen molar-refractivity contribution in [1.29, 1.82) is 0 Å². The maximum absolute atomic E-state index is 11.8. The summed E-state index contributed by atoms with van der Waals surface area (Å²) in [5.41, 5.74) is 6.29. The van der Waals surface area contributed by atoms with Crippen molar-refractivity contribution in [2.75, 3.05) is 6.54 Å². The first-order chi connectivity index (χ1) is 8.56. The molecular formula is C12H17N3O3. The predicted molar refractivity (Wildman–Crippen MR) is 67.8 cm³/mol. The fourth-order valence-electron chi connectivity index (χ4n) is 1.49. The number of aromatic hydroxyl groups is 1. The van der Waals surface area contributed by atoms with Gasteiger partial charge in [-0.2, -0.15) is 0 Å². The highest BCUT2D eigenvalue weighted by Crippen LogP contribution is 2.19. The van der Waals surface area contributed by atoms with Crippen LogP contribution in [0.15, 0.2) is 23.4 Å².